The fraction of sp³-hybridized carbons (Fsp3) is 0.714. The molecule has 6 aliphatic rings. The molecule has 7 rings (SSSR count). The van der Waals surface area contributed by atoms with E-state index >= 15 is 0 Å². The average molecular weight is 453 g/mol. The minimum atomic E-state index is -0.875. The van der Waals surface area contributed by atoms with Gasteiger partial charge in [0.25, 0.3) is 0 Å². The lowest BCUT2D eigenvalue weighted by molar-refractivity contribution is -0.187. The van der Waals surface area contributed by atoms with Crippen LogP contribution in [-0.4, -0.2) is 51.6 Å². The second kappa shape index (κ2) is 6.30. The number of aliphatic hydroxyl groups is 2. The fourth-order valence-electron chi connectivity index (χ4n) is 8.38. The monoisotopic (exact) mass is 452 g/mol. The Bertz CT molecular complexity index is 1050. The van der Waals surface area contributed by atoms with E-state index in [2.05, 4.69) is 45.0 Å². The minimum absolute atomic E-state index is 0.0618. The molecule has 4 fully saturated rings. The molecule has 178 valence electrons. The summed E-state index contributed by atoms with van der Waals surface area (Å²) in [7, 11) is 0. The maximum absolute atomic E-state index is 11.1. The molecule has 5 nitrogen and oxygen atoms in total. The Morgan fingerprint density at radius 1 is 1.15 bits per heavy atom. The Labute approximate surface area is 196 Å². The summed E-state index contributed by atoms with van der Waals surface area (Å²) in [5.41, 5.74) is 2.94. The van der Waals surface area contributed by atoms with E-state index in [1.807, 2.05) is 13.0 Å². The lowest BCUT2D eigenvalue weighted by atomic mass is 9.49. The van der Waals surface area contributed by atoms with Gasteiger partial charge in [0.05, 0.1) is 18.3 Å². The van der Waals surface area contributed by atoms with Gasteiger partial charge < -0.3 is 24.4 Å². The highest BCUT2D eigenvalue weighted by Gasteiger charge is 2.75. The average Bonchev–Trinajstić information content (AvgIpc) is 3.64. The first-order valence-corrected chi connectivity index (χ1v) is 12.8. The van der Waals surface area contributed by atoms with Crippen LogP contribution in [0.3, 0.4) is 0 Å². The molecule has 0 radical (unpaired) electrons. The van der Waals surface area contributed by atoms with Crippen molar-refractivity contribution in [2.24, 2.45) is 11.3 Å². The first-order chi connectivity index (χ1) is 15.6. The van der Waals surface area contributed by atoms with Crippen LogP contribution in [-0.2, 0) is 20.6 Å². The highest BCUT2D eigenvalue weighted by Crippen LogP contribution is 2.70. The molecule has 3 aliphatic carbocycles. The molecule has 0 bridgehead atoms. The van der Waals surface area contributed by atoms with Crippen molar-refractivity contribution in [3.8, 4) is 0 Å². The number of aryl methyl sites for hydroxylation is 1. The number of epoxide rings is 2. The van der Waals surface area contributed by atoms with Gasteiger partial charge in [0.2, 0.25) is 0 Å². The maximum Gasteiger partial charge on any atom is 0.186 e. The number of ether oxygens (including phenoxy) is 3. The van der Waals surface area contributed by atoms with E-state index in [9.17, 15) is 10.2 Å². The Morgan fingerprint density at radius 2 is 1.97 bits per heavy atom. The predicted octanol–water partition coefficient (Wildman–Crippen LogP) is 3.96. The first-order valence-electron chi connectivity index (χ1n) is 12.8. The molecule has 1 spiro atoms. The molecule has 2 N–H and O–H groups in total. The molecular formula is C28H36O5. The third kappa shape index (κ3) is 2.46. The van der Waals surface area contributed by atoms with Crippen LogP contribution in [0.15, 0.2) is 30.4 Å². The van der Waals surface area contributed by atoms with Crippen molar-refractivity contribution < 1.29 is 24.4 Å². The van der Waals surface area contributed by atoms with Gasteiger partial charge in [-0.15, -0.1) is 0 Å². The van der Waals surface area contributed by atoms with Gasteiger partial charge in [-0.1, -0.05) is 44.2 Å². The molecule has 5 heteroatoms. The summed E-state index contributed by atoms with van der Waals surface area (Å²) in [6.45, 7) is 8.51. The van der Waals surface area contributed by atoms with Crippen molar-refractivity contribution in [3.05, 3.63) is 47.0 Å². The van der Waals surface area contributed by atoms with E-state index in [-0.39, 0.29) is 34.7 Å². The SMILES string of the molecule is C[C@@H](c1ccc2c(c1)CC[C@H]1[C@H]2C[C@@H]2O[C@@]23CC=CC(O)[C@]13C)[C@H]1C[C@]2(C)O[C@]2(C)[C@H](O)O1. The van der Waals surface area contributed by atoms with Crippen molar-refractivity contribution in [3.63, 3.8) is 0 Å². The third-order valence-corrected chi connectivity index (χ3v) is 11.0. The van der Waals surface area contributed by atoms with Crippen LogP contribution in [0.1, 0.15) is 81.9 Å². The van der Waals surface area contributed by atoms with Crippen molar-refractivity contribution in [1.82, 2.24) is 0 Å². The number of hydrogen-bond donors (Lipinski definition) is 2. The van der Waals surface area contributed by atoms with Crippen LogP contribution >= 0.6 is 0 Å². The summed E-state index contributed by atoms with van der Waals surface area (Å²) in [6.07, 6.45) is 7.95. The van der Waals surface area contributed by atoms with Gasteiger partial charge in [-0.2, -0.15) is 0 Å². The third-order valence-electron chi connectivity index (χ3n) is 11.0. The van der Waals surface area contributed by atoms with Gasteiger partial charge in [-0.05, 0) is 68.1 Å². The van der Waals surface area contributed by atoms with Crippen LogP contribution in [0.2, 0.25) is 0 Å². The molecule has 33 heavy (non-hydrogen) atoms. The van der Waals surface area contributed by atoms with Crippen molar-refractivity contribution >= 4 is 0 Å². The largest absolute Gasteiger partial charge is 0.388 e. The van der Waals surface area contributed by atoms with Crippen molar-refractivity contribution in [2.75, 3.05) is 0 Å². The van der Waals surface area contributed by atoms with Crippen LogP contribution in [0.25, 0.3) is 0 Å². The predicted molar refractivity (Wildman–Crippen MR) is 123 cm³/mol. The molecule has 0 aromatic heterocycles. The summed E-state index contributed by atoms with van der Waals surface area (Å²) in [5.74, 6) is 1.06. The Morgan fingerprint density at radius 3 is 2.76 bits per heavy atom. The maximum atomic E-state index is 11.1. The molecule has 11 atom stereocenters. The first kappa shape index (κ1) is 21.1. The summed E-state index contributed by atoms with van der Waals surface area (Å²) in [5, 5.41) is 21.6. The van der Waals surface area contributed by atoms with E-state index in [1.165, 1.54) is 16.7 Å². The number of hydrogen-bond acceptors (Lipinski definition) is 5. The van der Waals surface area contributed by atoms with E-state index in [0.717, 1.165) is 32.1 Å². The van der Waals surface area contributed by atoms with Crippen molar-refractivity contribution in [2.45, 2.75) is 113 Å². The molecule has 1 saturated carbocycles. The molecule has 3 saturated heterocycles. The second-order valence-electron chi connectivity index (χ2n) is 12.3. The fourth-order valence-corrected chi connectivity index (χ4v) is 8.38. The van der Waals surface area contributed by atoms with E-state index in [4.69, 9.17) is 14.2 Å². The Kier molecular flexibility index (Phi) is 4.02. The number of fused-ring (bicyclic) bond motifs is 5. The summed E-state index contributed by atoms with van der Waals surface area (Å²) in [6, 6.07) is 6.98. The smallest absolute Gasteiger partial charge is 0.186 e. The van der Waals surface area contributed by atoms with Gasteiger partial charge in [-0.25, -0.2) is 0 Å². The number of aliphatic hydroxyl groups excluding tert-OH is 2. The van der Waals surface area contributed by atoms with Gasteiger partial charge in [-0.3, -0.25) is 0 Å². The Balaban J connectivity index is 1.17. The zero-order valence-corrected chi connectivity index (χ0v) is 20.1. The second-order valence-corrected chi connectivity index (χ2v) is 12.3. The number of rotatable bonds is 2. The van der Waals surface area contributed by atoms with E-state index in [0.29, 0.717) is 11.8 Å². The lowest BCUT2D eigenvalue weighted by Gasteiger charge is -2.54. The zero-order valence-electron chi connectivity index (χ0n) is 20.1. The van der Waals surface area contributed by atoms with Gasteiger partial charge in [0, 0.05) is 17.8 Å². The van der Waals surface area contributed by atoms with E-state index in [1.54, 1.807) is 0 Å². The van der Waals surface area contributed by atoms with Gasteiger partial charge in [0.15, 0.2) is 6.29 Å². The van der Waals surface area contributed by atoms with Crippen LogP contribution in [0.4, 0.5) is 0 Å². The molecule has 1 aromatic carbocycles. The molecule has 1 aromatic rings. The lowest BCUT2D eigenvalue weighted by Crippen LogP contribution is -2.57. The topological polar surface area (TPSA) is 74.8 Å². The highest BCUT2D eigenvalue weighted by molar-refractivity contribution is 5.43. The molecular weight excluding hydrogens is 416 g/mol. The summed E-state index contributed by atoms with van der Waals surface area (Å²) >= 11 is 0. The Hall–Kier alpha value is -1.24. The molecule has 0 amide bonds. The van der Waals surface area contributed by atoms with Gasteiger partial charge >= 0.3 is 0 Å². The minimum Gasteiger partial charge on any atom is -0.388 e. The number of benzene rings is 1. The van der Waals surface area contributed by atoms with Crippen LogP contribution in [0.5, 0.6) is 0 Å². The van der Waals surface area contributed by atoms with Crippen LogP contribution in [0, 0.1) is 11.3 Å². The van der Waals surface area contributed by atoms with E-state index < -0.39 is 18.0 Å². The summed E-state index contributed by atoms with van der Waals surface area (Å²) < 4.78 is 18.3. The van der Waals surface area contributed by atoms with Crippen molar-refractivity contribution in [1.29, 1.82) is 0 Å². The molecule has 3 aliphatic heterocycles. The molecule has 1 unspecified atom stereocenters. The van der Waals surface area contributed by atoms with Gasteiger partial charge in [0.1, 0.15) is 16.8 Å². The quantitative estimate of drug-likeness (QED) is 0.525. The zero-order chi connectivity index (χ0) is 23.0. The highest BCUT2D eigenvalue weighted by atomic mass is 16.7. The van der Waals surface area contributed by atoms with Crippen LogP contribution < -0.4 is 0 Å². The standard InChI is InChI=1S/C28H36O5/c1-15(21-14-25(2)27(4,33-25)24(30)31-21)16-7-9-18-17(12-16)8-10-20-19(18)13-23-28(32-23)11-5-6-22(29)26(20,28)3/h5-7,9,12,15,19-24,29-30H,8,10-11,13-14H2,1-4H3/t15-,19-,20-,21+,22?,23-,24+,25-,26-,27+,28-/m0/s1. The normalized spacial score (nSPS) is 54.2. The molecule has 3 heterocycles. The summed E-state index contributed by atoms with van der Waals surface area (Å²) in [4.78, 5) is 0.